The normalized spacial score (nSPS) is 12.0. The molecule has 0 radical (unpaired) electrons. The highest BCUT2D eigenvalue weighted by Gasteiger charge is 2.22. The Hall–Kier alpha value is -3.28. The minimum atomic E-state index is -1.10. The van der Waals surface area contributed by atoms with Crippen LogP contribution in [0.1, 0.15) is 15.9 Å². The second kappa shape index (κ2) is 6.45. The number of carbonyl (C=O) groups is 2. The lowest BCUT2D eigenvalue weighted by molar-refractivity contribution is -0.139. The maximum Gasteiger partial charge on any atom is 0.326 e. The van der Waals surface area contributed by atoms with E-state index in [1.807, 2.05) is 24.3 Å². The predicted octanol–water partition coefficient (Wildman–Crippen LogP) is 2.30. The summed E-state index contributed by atoms with van der Waals surface area (Å²) in [6.45, 7) is 0. The van der Waals surface area contributed by atoms with Gasteiger partial charge in [-0.2, -0.15) is 0 Å². The van der Waals surface area contributed by atoms with Gasteiger partial charge in [0.2, 0.25) is 0 Å². The summed E-state index contributed by atoms with van der Waals surface area (Å²) in [6, 6.07) is 12.2. The summed E-state index contributed by atoms with van der Waals surface area (Å²) in [7, 11) is 0. The van der Waals surface area contributed by atoms with Gasteiger partial charge in [0.1, 0.15) is 11.8 Å². The summed E-state index contributed by atoms with van der Waals surface area (Å²) in [5.41, 5.74) is 2.03. The number of fused-ring (bicyclic) bond motifs is 1. The number of para-hydroxylation sites is 1. The van der Waals surface area contributed by atoms with E-state index >= 15 is 0 Å². The molecule has 4 N–H and O–H groups in total. The molecular formula is C18H16N2O4. The van der Waals surface area contributed by atoms with Gasteiger partial charge < -0.3 is 20.5 Å². The van der Waals surface area contributed by atoms with Crippen molar-refractivity contribution in [3.63, 3.8) is 0 Å². The summed E-state index contributed by atoms with van der Waals surface area (Å²) < 4.78 is 0. The number of hydrogen-bond acceptors (Lipinski definition) is 3. The van der Waals surface area contributed by atoms with Crippen molar-refractivity contribution in [2.24, 2.45) is 0 Å². The number of phenolic OH excluding ortho intramolecular Hbond substituents is 1. The Bertz CT molecular complexity index is 883. The topological polar surface area (TPSA) is 102 Å². The SMILES string of the molecule is O=C(N[C@@H](Cc1c[nH]c2ccccc12)C(=O)O)c1ccc(O)cc1. The number of rotatable bonds is 5. The fourth-order valence-corrected chi connectivity index (χ4v) is 2.57. The first kappa shape index (κ1) is 15.6. The van der Waals surface area contributed by atoms with Crippen molar-refractivity contribution in [3.05, 3.63) is 65.9 Å². The minimum Gasteiger partial charge on any atom is -0.508 e. The third kappa shape index (κ3) is 3.22. The Morgan fingerprint density at radius 1 is 1.08 bits per heavy atom. The molecule has 0 aliphatic heterocycles. The number of aromatic amines is 1. The molecular weight excluding hydrogens is 308 g/mol. The van der Waals surface area contributed by atoms with E-state index in [4.69, 9.17) is 0 Å². The van der Waals surface area contributed by atoms with E-state index in [1.54, 1.807) is 6.20 Å². The van der Waals surface area contributed by atoms with Gasteiger partial charge in [-0.15, -0.1) is 0 Å². The minimum absolute atomic E-state index is 0.0418. The third-order valence-electron chi connectivity index (χ3n) is 3.83. The Labute approximate surface area is 137 Å². The maximum atomic E-state index is 12.2. The van der Waals surface area contributed by atoms with Gasteiger partial charge in [-0.3, -0.25) is 4.79 Å². The van der Waals surface area contributed by atoms with Crippen LogP contribution in [0.5, 0.6) is 5.75 Å². The zero-order chi connectivity index (χ0) is 17.1. The average molecular weight is 324 g/mol. The highest BCUT2D eigenvalue weighted by atomic mass is 16.4. The second-order valence-electron chi connectivity index (χ2n) is 5.47. The van der Waals surface area contributed by atoms with E-state index in [0.717, 1.165) is 16.5 Å². The highest BCUT2D eigenvalue weighted by molar-refractivity contribution is 5.97. The molecule has 122 valence electrons. The first-order valence-corrected chi connectivity index (χ1v) is 7.42. The van der Waals surface area contributed by atoms with Crippen LogP contribution in [-0.2, 0) is 11.2 Å². The van der Waals surface area contributed by atoms with Crippen LogP contribution in [0, 0.1) is 0 Å². The summed E-state index contributed by atoms with van der Waals surface area (Å²) in [5.74, 6) is -1.56. The summed E-state index contributed by atoms with van der Waals surface area (Å²) in [5, 5.41) is 22.1. The molecule has 0 saturated heterocycles. The van der Waals surface area contributed by atoms with Gasteiger partial charge in [-0.05, 0) is 35.9 Å². The molecule has 0 bridgehead atoms. The van der Waals surface area contributed by atoms with Crippen molar-refractivity contribution >= 4 is 22.8 Å². The molecule has 24 heavy (non-hydrogen) atoms. The molecule has 0 spiro atoms. The molecule has 1 heterocycles. The molecule has 0 unspecified atom stereocenters. The lowest BCUT2D eigenvalue weighted by atomic mass is 10.0. The van der Waals surface area contributed by atoms with Gasteiger partial charge in [0.15, 0.2) is 0 Å². The molecule has 0 aliphatic carbocycles. The van der Waals surface area contributed by atoms with Crippen molar-refractivity contribution < 1.29 is 19.8 Å². The molecule has 0 saturated carbocycles. The lowest BCUT2D eigenvalue weighted by Gasteiger charge is -2.14. The van der Waals surface area contributed by atoms with Crippen molar-refractivity contribution in [3.8, 4) is 5.75 Å². The van der Waals surface area contributed by atoms with Crippen molar-refractivity contribution in [1.29, 1.82) is 0 Å². The molecule has 2 aromatic carbocycles. The smallest absolute Gasteiger partial charge is 0.326 e. The summed E-state index contributed by atoms with van der Waals surface area (Å²) in [4.78, 5) is 26.8. The van der Waals surface area contributed by atoms with Gasteiger partial charge in [0, 0.05) is 29.1 Å². The van der Waals surface area contributed by atoms with E-state index in [0.29, 0.717) is 0 Å². The van der Waals surface area contributed by atoms with Crippen molar-refractivity contribution in [2.45, 2.75) is 12.5 Å². The van der Waals surface area contributed by atoms with E-state index < -0.39 is 17.9 Å². The number of aromatic hydroxyl groups is 1. The fraction of sp³-hybridized carbons (Fsp3) is 0.111. The first-order chi connectivity index (χ1) is 11.5. The summed E-state index contributed by atoms with van der Waals surface area (Å²) in [6.07, 6.45) is 1.93. The zero-order valence-corrected chi connectivity index (χ0v) is 12.7. The molecule has 0 aliphatic rings. The molecule has 0 fully saturated rings. The van der Waals surface area contributed by atoms with Gasteiger partial charge in [0.05, 0.1) is 0 Å². The largest absolute Gasteiger partial charge is 0.508 e. The Morgan fingerprint density at radius 2 is 1.79 bits per heavy atom. The number of aliphatic carboxylic acids is 1. The lowest BCUT2D eigenvalue weighted by Crippen LogP contribution is -2.42. The summed E-state index contributed by atoms with van der Waals surface area (Å²) >= 11 is 0. The van der Waals surface area contributed by atoms with Crippen LogP contribution in [0.2, 0.25) is 0 Å². The molecule has 1 amide bonds. The molecule has 1 atom stereocenters. The van der Waals surface area contributed by atoms with Crippen LogP contribution < -0.4 is 5.32 Å². The number of nitrogens with one attached hydrogen (secondary N) is 2. The number of carboxylic acids is 1. The molecule has 3 aromatic rings. The Kier molecular flexibility index (Phi) is 4.20. The van der Waals surface area contributed by atoms with Gasteiger partial charge in [0.25, 0.3) is 5.91 Å². The number of aromatic nitrogens is 1. The fourth-order valence-electron chi connectivity index (χ4n) is 2.57. The van der Waals surface area contributed by atoms with Crippen molar-refractivity contribution in [2.75, 3.05) is 0 Å². The van der Waals surface area contributed by atoms with Crippen LogP contribution in [0.15, 0.2) is 54.7 Å². The number of benzene rings is 2. The van der Waals surface area contributed by atoms with E-state index in [9.17, 15) is 19.8 Å². The van der Waals surface area contributed by atoms with Crippen LogP contribution in [-0.4, -0.2) is 33.1 Å². The number of carboxylic acid groups (broad SMARTS) is 1. The maximum absolute atomic E-state index is 12.2. The van der Waals surface area contributed by atoms with E-state index in [-0.39, 0.29) is 17.7 Å². The van der Waals surface area contributed by atoms with E-state index in [2.05, 4.69) is 10.3 Å². The number of hydrogen-bond donors (Lipinski definition) is 4. The highest BCUT2D eigenvalue weighted by Crippen LogP contribution is 2.19. The predicted molar refractivity (Wildman–Crippen MR) is 89.0 cm³/mol. The van der Waals surface area contributed by atoms with E-state index in [1.165, 1.54) is 24.3 Å². The van der Waals surface area contributed by atoms with Crippen LogP contribution in [0.25, 0.3) is 10.9 Å². The number of carbonyl (C=O) groups excluding carboxylic acids is 1. The molecule has 1 aromatic heterocycles. The average Bonchev–Trinajstić information content (AvgIpc) is 2.98. The van der Waals surface area contributed by atoms with Crippen LogP contribution >= 0.6 is 0 Å². The zero-order valence-electron chi connectivity index (χ0n) is 12.7. The second-order valence-corrected chi connectivity index (χ2v) is 5.47. The molecule has 3 rings (SSSR count). The Morgan fingerprint density at radius 3 is 2.50 bits per heavy atom. The number of H-pyrrole nitrogens is 1. The monoisotopic (exact) mass is 324 g/mol. The van der Waals surface area contributed by atoms with Gasteiger partial charge >= 0.3 is 5.97 Å². The van der Waals surface area contributed by atoms with Gasteiger partial charge in [-0.25, -0.2) is 4.79 Å². The number of phenols is 1. The quantitative estimate of drug-likeness (QED) is 0.578. The van der Waals surface area contributed by atoms with Gasteiger partial charge in [-0.1, -0.05) is 18.2 Å². The van der Waals surface area contributed by atoms with Crippen LogP contribution in [0.4, 0.5) is 0 Å². The first-order valence-electron chi connectivity index (χ1n) is 7.42. The third-order valence-corrected chi connectivity index (χ3v) is 3.83. The van der Waals surface area contributed by atoms with Crippen LogP contribution in [0.3, 0.4) is 0 Å². The molecule has 6 nitrogen and oxygen atoms in total. The van der Waals surface area contributed by atoms with Crippen molar-refractivity contribution in [1.82, 2.24) is 10.3 Å². The standard InChI is InChI=1S/C18H16N2O4/c21-13-7-5-11(6-8-13)17(22)20-16(18(23)24)9-12-10-19-15-4-2-1-3-14(12)15/h1-8,10,16,19,21H,9H2,(H,20,22)(H,23,24)/t16-/m0/s1. The number of amides is 1. The Balaban J connectivity index is 1.79. The molecule has 6 heteroatoms.